The monoisotopic (exact) mass is 214 g/mol. The van der Waals surface area contributed by atoms with Gasteiger partial charge in [-0.15, -0.1) is 0 Å². The van der Waals surface area contributed by atoms with Crippen LogP contribution >= 0.6 is 0 Å². The molecular formula is C13H26O2. The lowest BCUT2D eigenvalue weighted by atomic mass is 9.64. The van der Waals surface area contributed by atoms with Gasteiger partial charge in [0.15, 0.2) is 0 Å². The van der Waals surface area contributed by atoms with E-state index in [2.05, 4.69) is 20.8 Å². The highest BCUT2D eigenvalue weighted by Crippen LogP contribution is 2.45. The van der Waals surface area contributed by atoms with Crippen LogP contribution in [0.25, 0.3) is 0 Å². The number of rotatable bonds is 3. The molecule has 1 N–H and O–H groups in total. The topological polar surface area (TPSA) is 29.5 Å². The smallest absolute Gasteiger partial charge is 0.0540 e. The van der Waals surface area contributed by atoms with Crippen LogP contribution < -0.4 is 0 Å². The Morgan fingerprint density at radius 2 is 1.80 bits per heavy atom. The first-order valence-corrected chi connectivity index (χ1v) is 6.03. The predicted molar refractivity (Wildman–Crippen MR) is 62.8 cm³/mol. The number of ether oxygens (including phenoxy) is 1. The molecule has 0 radical (unpaired) electrons. The van der Waals surface area contributed by atoms with E-state index in [0.717, 1.165) is 18.8 Å². The first kappa shape index (κ1) is 13.0. The van der Waals surface area contributed by atoms with Crippen molar-refractivity contribution < 1.29 is 9.84 Å². The van der Waals surface area contributed by atoms with Gasteiger partial charge in [0.05, 0.1) is 13.2 Å². The van der Waals surface area contributed by atoms with Gasteiger partial charge in [-0.3, -0.25) is 0 Å². The molecule has 0 spiro atoms. The molecule has 0 saturated heterocycles. The van der Waals surface area contributed by atoms with Crippen molar-refractivity contribution in [2.24, 2.45) is 16.7 Å². The number of hydrogen-bond donors (Lipinski definition) is 1. The molecule has 0 aromatic heterocycles. The highest BCUT2D eigenvalue weighted by molar-refractivity contribution is 4.88. The maximum absolute atomic E-state index is 9.48. The fourth-order valence-electron chi connectivity index (χ4n) is 2.75. The summed E-state index contributed by atoms with van der Waals surface area (Å²) in [7, 11) is 1.73. The second-order valence-electron chi connectivity index (χ2n) is 6.23. The molecule has 2 heteroatoms. The van der Waals surface area contributed by atoms with E-state index >= 15 is 0 Å². The van der Waals surface area contributed by atoms with Crippen LogP contribution in [0.2, 0.25) is 0 Å². The third kappa shape index (κ3) is 3.18. The van der Waals surface area contributed by atoms with E-state index in [1.165, 1.54) is 12.8 Å². The average molecular weight is 214 g/mol. The summed E-state index contributed by atoms with van der Waals surface area (Å²) >= 11 is 0. The van der Waals surface area contributed by atoms with Crippen molar-refractivity contribution in [3.8, 4) is 0 Å². The summed E-state index contributed by atoms with van der Waals surface area (Å²) in [6, 6.07) is 0. The Morgan fingerprint density at radius 1 is 1.27 bits per heavy atom. The molecule has 1 rings (SSSR count). The van der Waals surface area contributed by atoms with Gasteiger partial charge in [0.1, 0.15) is 0 Å². The SMILES string of the molecule is COCC1(CO)CCC(C(C)(C)C)CC1. The van der Waals surface area contributed by atoms with Crippen LogP contribution in [0, 0.1) is 16.7 Å². The largest absolute Gasteiger partial charge is 0.396 e. The van der Waals surface area contributed by atoms with Crippen LogP contribution in [0.1, 0.15) is 46.5 Å². The summed E-state index contributed by atoms with van der Waals surface area (Å²) in [6.45, 7) is 7.94. The molecule has 0 amide bonds. The summed E-state index contributed by atoms with van der Waals surface area (Å²) in [5, 5.41) is 9.48. The van der Waals surface area contributed by atoms with Crippen molar-refractivity contribution in [1.29, 1.82) is 0 Å². The van der Waals surface area contributed by atoms with E-state index in [0.29, 0.717) is 12.0 Å². The number of aliphatic hydroxyl groups is 1. The maximum Gasteiger partial charge on any atom is 0.0540 e. The van der Waals surface area contributed by atoms with Gasteiger partial charge in [-0.2, -0.15) is 0 Å². The molecular weight excluding hydrogens is 188 g/mol. The van der Waals surface area contributed by atoms with Crippen LogP contribution in [0.15, 0.2) is 0 Å². The molecule has 2 nitrogen and oxygen atoms in total. The summed E-state index contributed by atoms with van der Waals surface area (Å²) in [5.74, 6) is 0.800. The molecule has 0 heterocycles. The van der Waals surface area contributed by atoms with Gasteiger partial charge in [-0.25, -0.2) is 0 Å². The van der Waals surface area contributed by atoms with Gasteiger partial charge in [0, 0.05) is 12.5 Å². The van der Waals surface area contributed by atoms with E-state index in [1.807, 2.05) is 0 Å². The average Bonchev–Trinajstić information content (AvgIpc) is 2.17. The summed E-state index contributed by atoms with van der Waals surface area (Å²) in [5.41, 5.74) is 0.463. The molecule has 1 fully saturated rings. The highest BCUT2D eigenvalue weighted by Gasteiger charge is 2.38. The number of aliphatic hydroxyl groups excluding tert-OH is 1. The van der Waals surface area contributed by atoms with Crippen molar-refractivity contribution in [3.63, 3.8) is 0 Å². The summed E-state index contributed by atoms with van der Waals surface area (Å²) in [4.78, 5) is 0. The Bertz CT molecular complexity index is 185. The van der Waals surface area contributed by atoms with E-state index in [-0.39, 0.29) is 12.0 Å². The van der Waals surface area contributed by atoms with E-state index < -0.39 is 0 Å². The van der Waals surface area contributed by atoms with Crippen LogP contribution in [-0.4, -0.2) is 25.4 Å². The van der Waals surface area contributed by atoms with Crippen molar-refractivity contribution in [2.45, 2.75) is 46.5 Å². The third-order valence-corrected chi connectivity index (χ3v) is 4.06. The van der Waals surface area contributed by atoms with E-state index in [1.54, 1.807) is 7.11 Å². The Labute approximate surface area is 94.0 Å². The molecule has 0 aliphatic heterocycles. The van der Waals surface area contributed by atoms with Crippen LogP contribution in [0.4, 0.5) is 0 Å². The highest BCUT2D eigenvalue weighted by atomic mass is 16.5. The quantitative estimate of drug-likeness (QED) is 0.783. The zero-order valence-electron chi connectivity index (χ0n) is 10.7. The fourth-order valence-corrected chi connectivity index (χ4v) is 2.75. The predicted octanol–water partition coefficient (Wildman–Crippen LogP) is 2.85. The summed E-state index contributed by atoms with van der Waals surface area (Å²) < 4.78 is 5.24. The Balaban J connectivity index is 2.53. The minimum absolute atomic E-state index is 0.0521. The molecule has 1 saturated carbocycles. The van der Waals surface area contributed by atoms with Crippen LogP contribution in [0.3, 0.4) is 0 Å². The van der Waals surface area contributed by atoms with Crippen molar-refractivity contribution >= 4 is 0 Å². The van der Waals surface area contributed by atoms with Gasteiger partial charge >= 0.3 is 0 Å². The number of methoxy groups -OCH3 is 1. The zero-order chi connectivity index (χ0) is 11.5. The molecule has 15 heavy (non-hydrogen) atoms. The summed E-state index contributed by atoms with van der Waals surface area (Å²) in [6.07, 6.45) is 4.68. The lowest BCUT2D eigenvalue weighted by Gasteiger charge is -2.42. The van der Waals surface area contributed by atoms with E-state index in [9.17, 15) is 5.11 Å². The minimum Gasteiger partial charge on any atom is -0.396 e. The fraction of sp³-hybridized carbons (Fsp3) is 1.00. The van der Waals surface area contributed by atoms with Gasteiger partial charge in [-0.1, -0.05) is 20.8 Å². The normalized spacial score (nSPS) is 33.0. The third-order valence-electron chi connectivity index (χ3n) is 4.06. The molecule has 0 atom stereocenters. The zero-order valence-corrected chi connectivity index (χ0v) is 10.7. The molecule has 0 unspecified atom stereocenters. The Kier molecular flexibility index (Phi) is 4.19. The molecule has 1 aliphatic carbocycles. The van der Waals surface area contributed by atoms with Gasteiger partial charge < -0.3 is 9.84 Å². The molecule has 1 aliphatic rings. The molecule has 0 aromatic carbocycles. The Hall–Kier alpha value is -0.0800. The van der Waals surface area contributed by atoms with E-state index in [4.69, 9.17) is 4.74 Å². The van der Waals surface area contributed by atoms with Crippen molar-refractivity contribution in [2.75, 3.05) is 20.3 Å². The van der Waals surface area contributed by atoms with Gasteiger partial charge in [0.2, 0.25) is 0 Å². The molecule has 0 aromatic rings. The number of hydrogen-bond acceptors (Lipinski definition) is 2. The molecule has 0 bridgehead atoms. The first-order valence-electron chi connectivity index (χ1n) is 6.03. The van der Waals surface area contributed by atoms with Crippen molar-refractivity contribution in [3.05, 3.63) is 0 Å². The maximum atomic E-state index is 9.48. The second-order valence-corrected chi connectivity index (χ2v) is 6.23. The standard InChI is InChI=1S/C13H26O2/c1-12(2,3)11-5-7-13(9-14,8-6-11)10-15-4/h11,14H,5-10H2,1-4H3. The van der Waals surface area contributed by atoms with Crippen LogP contribution in [0.5, 0.6) is 0 Å². The second kappa shape index (κ2) is 4.84. The van der Waals surface area contributed by atoms with Crippen LogP contribution in [-0.2, 0) is 4.74 Å². The molecule has 90 valence electrons. The lowest BCUT2D eigenvalue weighted by Crippen LogP contribution is -2.38. The van der Waals surface area contributed by atoms with Gasteiger partial charge in [0.25, 0.3) is 0 Å². The Morgan fingerprint density at radius 3 is 2.13 bits per heavy atom. The minimum atomic E-state index is 0.0521. The van der Waals surface area contributed by atoms with Gasteiger partial charge in [-0.05, 0) is 37.0 Å². The lowest BCUT2D eigenvalue weighted by molar-refractivity contribution is -0.0208. The first-order chi connectivity index (χ1) is 6.93. The van der Waals surface area contributed by atoms with Crippen molar-refractivity contribution in [1.82, 2.24) is 0 Å².